The summed E-state index contributed by atoms with van der Waals surface area (Å²) in [5.74, 6) is 0.436. The lowest BCUT2D eigenvalue weighted by Crippen LogP contribution is -2.40. The number of rotatable bonds is 12. The van der Waals surface area contributed by atoms with Gasteiger partial charge in [0.25, 0.3) is 0 Å². The molecule has 36 heavy (non-hydrogen) atoms. The lowest BCUT2D eigenvalue weighted by Gasteiger charge is -2.39. The minimum absolute atomic E-state index is 0.138. The molecule has 198 valence electrons. The third-order valence-electron chi connectivity index (χ3n) is 6.38. The van der Waals surface area contributed by atoms with Crippen LogP contribution in [-0.4, -0.2) is 57.9 Å². The van der Waals surface area contributed by atoms with Crippen molar-refractivity contribution in [3.8, 4) is 5.75 Å². The quantitative estimate of drug-likeness (QED) is 0.330. The molecule has 0 aromatic heterocycles. The zero-order valence-corrected chi connectivity index (χ0v) is 23.0. The van der Waals surface area contributed by atoms with E-state index in [1.165, 1.54) is 11.8 Å². The Labute approximate surface area is 216 Å². The van der Waals surface area contributed by atoms with Crippen molar-refractivity contribution in [2.75, 3.05) is 33.0 Å². The maximum Gasteiger partial charge on any atom is 0.305 e. The van der Waals surface area contributed by atoms with Gasteiger partial charge in [0.15, 0.2) is 9.84 Å². The van der Waals surface area contributed by atoms with Gasteiger partial charge in [-0.1, -0.05) is 36.4 Å². The summed E-state index contributed by atoms with van der Waals surface area (Å²) in [5, 5.41) is 3.52. The lowest BCUT2D eigenvalue weighted by atomic mass is 9.88. The average Bonchev–Trinajstić information content (AvgIpc) is 2.78. The Bertz CT molecular complexity index is 1130. The number of likely N-dealkylation sites (N-methyl/N-ethyl adjacent to an activating group) is 1. The number of nitrogens with one attached hydrogen (secondary N) is 1. The molecule has 0 radical (unpaired) electrons. The van der Waals surface area contributed by atoms with Crippen LogP contribution < -0.4 is 10.1 Å². The number of fused-ring (bicyclic) bond motifs is 1. The van der Waals surface area contributed by atoms with E-state index >= 15 is 0 Å². The Morgan fingerprint density at radius 3 is 2.58 bits per heavy atom. The van der Waals surface area contributed by atoms with Crippen LogP contribution in [0.2, 0.25) is 0 Å². The third-order valence-corrected chi connectivity index (χ3v) is 7.67. The summed E-state index contributed by atoms with van der Waals surface area (Å²) in [6.07, 6.45) is 3.77. The van der Waals surface area contributed by atoms with Crippen LogP contribution in [0.3, 0.4) is 0 Å². The van der Waals surface area contributed by atoms with Crippen molar-refractivity contribution >= 4 is 15.8 Å². The SMILES string of the molecule is Cc1ccc2c(c1S(C)(=O)=O)C(NCCCCC(=O)OCCN(C)Cc1ccccc1)CC(C)(C)O2. The highest BCUT2D eigenvalue weighted by Crippen LogP contribution is 2.43. The van der Waals surface area contributed by atoms with Crippen molar-refractivity contribution in [3.05, 3.63) is 59.2 Å². The first kappa shape index (κ1) is 28.2. The third kappa shape index (κ3) is 8.05. The first-order valence-electron chi connectivity index (χ1n) is 12.6. The van der Waals surface area contributed by atoms with E-state index in [0.717, 1.165) is 24.1 Å². The second kappa shape index (κ2) is 12.2. The molecule has 0 saturated heterocycles. The highest BCUT2D eigenvalue weighted by Gasteiger charge is 2.37. The molecular formula is C28H40N2O5S. The standard InChI is InChI=1S/C28H40N2O5S/c1-21-14-15-24-26(27(21)36(5,32)33)23(19-28(2,3)35-24)29-16-10-9-13-25(31)34-18-17-30(4)20-22-11-7-6-8-12-22/h6-8,11-12,14-15,23,29H,9-10,13,16-20H2,1-5H3. The van der Waals surface area contributed by atoms with Crippen LogP contribution in [0, 0.1) is 6.92 Å². The Balaban J connectivity index is 1.44. The molecule has 2 aromatic rings. The second-order valence-electron chi connectivity index (χ2n) is 10.4. The van der Waals surface area contributed by atoms with Crippen molar-refractivity contribution in [1.29, 1.82) is 0 Å². The number of esters is 1. The number of ether oxygens (including phenoxy) is 2. The summed E-state index contributed by atoms with van der Waals surface area (Å²) < 4.78 is 36.7. The Kier molecular flexibility index (Phi) is 9.55. The van der Waals surface area contributed by atoms with Crippen molar-refractivity contribution in [3.63, 3.8) is 0 Å². The first-order valence-corrected chi connectivity index (χ1v) is 14.5. The number of hydrogen-bond acceptors (Lipinski definition) is 7. The van der Waals surface area contributed by atoms with Crippen LogP contribution in [0.5, 0.6) is 5.75 Å². The number of unbranched alkanes of at least 4 members (excludes halogenated alkanes) is 1. The molecule has 1 atom stereocenters. The molecule has 0 saturated carbocycles. The largest absolute Gasteiger partial charge is 0.487 e. The van der Waals surface area contributed by atoms with Gasteiger partial charge in [0.2, 0.25) is 0 Å². The molecule has 0 fully saturated rings. The van der Waals surface area contributed by atoms with Gasteiger partial charge in [0, 0.05) is 43.8 Å². The molecule has 3 rings (SSSR count). The zero-order valence-electron chi connectivity index (χ0n) is 22.2. The molecule has 7 nitrogen and oxygen atoms in total. The van der Waals surface area contributed by atoms with E-state index in [-0.39, 0.29) is 12.0 Å². The number of aryl methyl sites for hydroxylation is 1. The van der Waals surface area contributed by atoms with Crippen LogP contribution >= 0.6 is 0 Å². The van der Waals surface area contributed by atoms with Gasteiger partial charge < -0.3 is 14.8 Å². The van der Waals surface area contributed by atoms with E-state index in [1.54, 1.807) is 6.07 Å². The van der Waals surface area contributed by atoms with Gasteiger partial charge >= 0.3 is 5.97 Å². The van der Waals surface area contributed by atoms with E-state index in [0.29, 0.717) is 49.6 Å². The Morgan fingerprint density at radius 1 is 1.17 bits per heavy atom. The number of nitrogens with zero attached hydrogens (tertiary/aromatic N) is 1. The normalized spacial score (nSPS) is 16.9. The molecule has 0 amide bonds. The molecular weight excluding hydrogens is 476 g/mol. The van der Waals surface area contributed by atoms with Gasteiger partial charge in [-0.25, -0.2) is 8.42 Å². The maximum absolute atomic E-state index is 12.6. The fourth-order valence-electron chi connectivity index (χ4n) is 4.74. The average molecular weight is 517 g/mol. The molecule has 0 spiro atoms. The van der Waals surface area contributed by atoms with Gasteiger partial charge in [0.1, 0.15) is 18.0 Å². The number of carbonyl (C=O) groups excluding carboxylic acids is 1. The Morgan fingerprint density at radius 2 is 1.89 bits per heavy atom. The van der Waals surface area contributed by atoms with Crippen LogP contribution in [0.1, 0.15) is 62.3 Å². The van der Waals surface area contributed by atoms with Gasteiger partial charge in [0.05, 0.1) is 4.90 Å². The molecule has 1 unspecified atom stereocenters. The number of benzene rings is 2. The highest BCUT2D eigenvalue weighted by molar-refractivity contribution is 7.90. The number of hydrogen-bond donors (Lipinski definition) is 1. The molecule has 1 heterocycles. The number of carbonyl (C=O) groups is 1. The smallest absolute Gasteiger partial charge is 0.305 e. The molecule has 0 bridgehead atoms. The predicted molar refractivity (Wildman–Crippen MR) is 142 cm³/mol. The van der Waals surface area contributed by atoms with Gasteiger partial charge in [-0.15, -0.1) is 0 Å². The van der Waals surface area contributed by atoms with Crippen LogP contribution in [0.25, 0.3) is 0 Å². The number of sulfone groups is 1. The Hall–Kier alpha value is -2.42. The van der Waals surface area contributed by atoms with E-state index < -0.39 is 15.4 Å². The van der Waals surface area contributed by atoms with Crippen LogP contribution in [0.15, 0.2) is 47.4 Å². The summed E-state index contributed by atoms with van der Waals surface area (Å²) in [6.45, 7) is 8.39. The first-order chi connectivity index (χ1) is 17.0. The molecule has 1 aliphatic rings. The van der Waals surface area contributed by atoms with Crippen molar-refractivity contribution in [2.45, 2.75) is 69.5 Å². The fraction of sp³-hybridized carbons (Fsp3) is 0.536. The second-order valence-corrected chi connectivity index (χ2v) is 12.3. The van der Waals surface area contributed by atoms with Crippen LogP contribution in [-0.2, 0) is 25.9 Å². The predicted octanol–water partition coefficient (Wildman–Crippen LogP) is 4.44. The van der Waals surface area contributed by atoms with Crippen molar-refractivity contribution in [1.82, 2.24) is 10.2 Å². The summed E-state index contributed by atoms with van der Waals surface area (Å²) in [7, 11) is -1.40. The minimum Gasteiger partial charge on any atom is -0.487 e. The molecule has 8 heteroatoms. The van der Waals surface area contributed by atoms with E-state index in [4.69, 9.17) is 9.47 Å². The van der Waals surface area contributed by atoms with E-state index in [2.05, 4.69) is 22.3 Å². The lowest BCUT2D eigenvalue weighted by molar-refractivity contribution is -0.144. The maximum atomic E-state index is 12.6. The van der Waals surface area contributed by atoms with Gasteiger partial charge in [-0.05, 0) is 64.4 Å². The van der Waals surface area contributed by atoms with Crippen molar-refractivity contribution in [2.24, 2.45) is 0 Å². The zero-order chi connectivity index (χ0) is 26.3. The molecule has 1 N–H and O–H groups in total. The van der Waals surface area contributed by atoms with Crippen molar-refractivity contribution < 1.29 is 22.7 Å². The monoisotopic (exact) mass is 516 g/mol. The summed E-state index contributed by atoms with van der Waals surface area (Å²) in [5.41, 5.74) is 2.26. The molecule has 0 aliphatic carbocycles. The van der Waals surface area contributed by atoms with Gasteiger partial charge in [-0.2, -0.15) is 0 Å². The summed E-state index contributed by atoms with van der Waals surface area (Å²) in [6, 6.07) is 13.7. The molecule has 2 aromatic carbocycles. The van der Waals surface area contributed by atoms with E-state index in [1.807, 2.05) is 52.1 Å². The highest BCUT2D eigenvalue weighted by atomic mass is 32.2. The fourth-order valence-corrected chi connectivity index (χ4v) is 6.04. The topological polar surface area (TPSA) is 84.9 Å². The summed E-state index contributed by atoms with van der Waals surface area (Å²) >= 11 is 0. The minimum atomic E-state index is -3.41. The van der Waals surface area contributed by atoms with E-state index in [9.17, 15) is 13.2 Å². The molecule has 1 aliphatic heterocycles. The van der Waals surface area contributed by atoms with Gasteiger partial charge in [-0.3, -0.25) is 9.69 Å². The summed E-state index contributed by atoms with van der Waals surface area (Å²) in [4.78, 5) is 14.6. The van der Waals surface area contributed by atoms with Crippen LogP contribution in [0.4, 0.5) is 0 Å².